The smallest absolute Gasteiger partial charge is 0.341 e. The molecule has 158 valence electrons. The second-order valence-electron chi connectivity index (χ2n) is 4.66. The number of hydrogen-bond acceptors (Lipinski definition) is 7. The Labute approximate surface area is 187 Å². The van der Waals surface area contributed by atoms with Gasteiger partial charge in [-0.05, 0) is 6.07 Å². The number of ether oxygens (including phenoxy) is 2. The SMILES string of the molecule is Nc1c(Cl)c(F)nc(OCC(=O)O)c1Cl.O=C(O)COc1nc(Cl)c(Cl)cc1Cl. The van der Waals surface area contributed by atoms with Gasteiger partial charge in [0.25, 0.3) is 0 Å². The lowest BCUT2D eigenvalue weighted by atomic mass is 10.4. The molecule has 0 aliphatic heterocycles. The molecule has 0 bridgehead atoms. The van der Waals surface area contributed by atoms with Gasteiger partial charge in [-0.1, -0.05) is 58.0 Å². The van der Waals surface area contributed by atoms with Gasteiger partial charge in [0.05, 0.1) is 10.7 Å². The normalized spacial score (nSPS) is 10.0. The molecular weight excluding hydrogens is 502 g/mol. The van der Waals surface area contributed by atoms with Crippen LogP contribution < -0.4 is 15.2 Å². The lowest BCUT2D eigenvalue weighted by Crippen LogP contribution is -2.11. The maximum absolute atomic E-state index is 12.9. The number of aliphatic carboxylic acids is 2. The lowest BCUT2D eigenvalue weighted by Gasteiger charge is -2.07. The first-order valence-electron chi connectivity index (χ1n) is 6.94. The fourth-order valence-corrected chi connectivity index (χ4v) is 2.32. The van der Waals surface area contributed by atoms with E-state index >= 15 is 0 Å². The maximum atomic E-state index is 12.9. The van der Waals surface area contributed by atoms with Crippen molar-refractivity contribution in [3.05, 3.63) is 37.3 Å². The highest BCUT2D eigenvalue weighted by Crippen LogP contribution is 2.35. The Kier molecular flexibility index (Phi) is 9.74. The number of halogens is 6. The number of anilines is 1. The molecule has 0 spiro atoms. The summed E-state index contributed by atoms with van der Waals surface area (Å²) in [5.41, 5.74) is 5.07. The van der Waals surface area contributed by atoms with Crippen LogP contribution >= 0.6 is 58.0 Å². The zero-order valence-electron chi connectivity index (χ0n) is 13.8. The molecule has 0 atom stereocenters. The van der Waals surface area contributed by atoms with E-state index in [4.69, 9.17) is 78.7 Å². The minimum absolute atomic E-state index is 0.0106. The lowest BCUT2D eigenvalue weighted by molar-refractivity contribution is -0.140. The Balaban J connectivity index is 0.000000291. The molecule has 0 saturated carbocycles. The zero-order valence-corrected chi connectivity index (χ0v) is 17.5. The first-order valence-corrected chi connectivity index (χ1v) is 8.83. The summed E-state index contributed by atoms with van der Waals surface area (Å²) in [5.74, 6) is -3.91. The molecule has 2 aromatic rings. The number of aromatic nitrogens is 2. The molecule has 0 radical (unpaired) electrons. The van der Waals surface area contributed by atoms with Crippen molar-refractivity contribution in [2.75, 3.05) is 18.9 Å². The van der Waals surface area contributed by atoms with Gasteiger partial charge in [-0.25, -0.2) is 9.59 Å². The topological polar surface area (TPSA) is 145 Å². The van der Waals surface area contributed by atoms with Gasteiger partial charge in [-0.3, -0.25) is 0 Å². The molecule has 2 heterocycles. The minimum atomic E-state index is -1.25. The second kappa shape index (κ2) is 11.3. The molecule has 0 saturated heterocycles. The van der Waals surface area contributed by atoms with E-state index in [0.717, 1.165) is 0 Å². The van der Waals surface area contributed by atoms with Gasteiger partial charge < -0.3 is 25.4 Å². The predicted molar refractivity (Wildman–Crippen MR) is 104 cm³/mol. The molecule has 9 nitrogen and oxygen atoms in total. The van der Waals surface area contributed by atoms with Gasteiger partial charge in [0.15, 0.2) is 18.4 Å². The minimum Gasteiger partial charge on any atom is -0.479 e. The van der Waals surface area contributed by atoms with Crippen LogP contribution in [0.4, 0.5) is 10.1 Å². The Morgan fingerprint density at radius 2 is 1.45 bits per heavy atom. The molecule has 29 heavy (non-hydrogen) atoms. The number of nitrogen functional groups attached to an aromatic ring is 1. The number of nitrogens with two attached hydrogens (primary N) is 1. The Morgan fingerprint density at radius 1 is 0.931 bits per heavy atom. The molecule has 0 fully saturated rings. The fraction of sp³-hybridized carbons (Fsp3) is 0.143. The molecule has 4 N–H and O–H groups in total. The van der Waals surface area contributed by atoms with Crippen molar-refractivity contribution >= 4 is 75.6 Å². The summed E-state index contributed by atoms with van der Waals surface area (Å²) < 4.78 is 22.3. The highest BCUT2D eigenvalue weighted by atomic mass is 35.5. The molecule has 0 amide bonds. The summed E-state index contributed by atoms with van der Waals surface area (Å²) >= 11 is 27.8. The second-order valence-corrected chi connectivity index (χ2v) is 6.59. The quantitative estimate of drug-likeness (QED) is 0.489. The molecule has 2 aromatic heterocycles. The van der Waals surface area contributed by atoms with Crippen molar-refractivity contribution in [1.82, 2.24) is 9.97 Å². The highest BCUT2D eigenvalue weighted by molar-refractivity contribution is 6.42. The van der Waals surface area contributed by atoms with Crippen molar-refractivity contribution in [2.45, 2.75) is 0 Å². The fourth-order valence-electron chi connectivity index (χ4n) is 1.40. The van der Waals surface area contributed by atoms with Crippen molar-refractivity contribution in [3.63, 3.8) is 0 Å². The first-order chi connectivity index (χ1) is 13.4. The third kappa shape index (κ3) is 7.75. The van der Waals surface area contributed by atoms with Crippen LogP contribution in [0, 0.1) is 5.95 Å². The van der Waals surface area contributed by atoms with Crippen molar-refractivity contribution in [1.29, 1.82) is 0 Å². The molecular formula is C14H9Cl5FN3O6. The number of carboxylic acids is 2. The predicted octanol–water partition coefficient (Wildman–Crippen LogP) is 4.08. The summed E-state index contributed by atoms with van der Waals surface area (Å²) in [6, 6.07) is 1.33. The third-order valence-electron chi connectivity index (χ3n) is 2.56. The van der Waals surface area contributed by atoms with E-state index in [-0.39, 0.29) is 31.8 Å². The van der Waals surface area contributed by atoms with Crippen LogP contribution in [0.2, 0.25) is 25.2 Å². The largest absolute Gasteiger partial charge is 0.479 e. The van der Waals surface area contributed by atoms with E-state index in [0.29, 0.717) is 0 Å². The average Bonchev–Trinajstić information content (AvgIpc) is 2.64. The van der Waals surface area contributed by atoms with Gasteiger partial charge in [0.2, 0.25) is 17.7 Å². The number of rotatable bonds is 6. The molecule has 2 rings (SSSR count). The van der Waals surface area contributed by atoms with Crippen molar-refractivity contribution < 1.29 is 33.7 Å². The van der Waals surface area contributed by atoms with Crippen LogP contribution in [-0.2, 0) is 9.59 Å². The summed E-state index contributed by atoms with van der Waals surface area (Å²) in [6.45, 7) is -1.24. The summed E-state index contributed by atoms with van der Waals surface area (Å²) in [6.07, 6.45) is 0. The Morgan fingerprint density at radius 3 is 1.97 bits per heavy atom. The number of carboxylic acid groups (broad SMARTS) is 2. The average molecular weight is 512 g/mol. The molecule has 0 unspecified atom stereocenters. The van der Waals surface area contributed by atoms with Gasteiger partial charge in [-0.2, -0.15) is 14.4 Å². The van der Waals surface area contributed by atoms with Crippen LogP contribution in [0.3, 0.4) is 0 Å². The monoisotopic (exact) mass is 509 g/mol. The molecule has 0 aliphatic carbocycles. The Bertz CT molecular complexity index is 933. The van der Waals surface area contributed by atoms with Crippen LogP contribution in [0.15, 0.2) is 6.07 Å². The van der Waals surface area contributed by atoms with Crippen LogP contribution in [-0.4, -0.2) is 45.3 Å². The zero-order chi connectivity index (χ0) is 22.3. The summed E-state index contributed by atoms with van der Waals surface area (Å²) in [4.78, 5) is 27.2. The number of pyridine rings is 2. The van der Waals surface area contributed by atoms with Crippen molar-refractivity contribution in [3.8, 4) is 11.8 Å². The number of hydrogen-bond donors (Lipinski definition) is 3. The van der Waals surface area contributed by atoms with Crippen LogP contribution in [0.5, 0.6) is 11.8 Å². The van der Waals surface area contributed by atoms with Gasteiger partial charge in [0.1, 0.15) is 15.1 Å². The van der Waals surface area contributed by atoms with Crippen molar-refractivity contribution in [2.24, 2.45) is 0 Å². The standard InChI is InChI=1S/C7H4Cl3NO3.C7H5Cl2FN2O3/c8-3-1-4(9)7(11-6(3)10)14-2-5(12)13;8-3-5(11)4(9)7(12-6(3)10)15-1-2(13)14/h1H,2H2,(H,12,13);1H2,(H2,11,12)(H,13,14). The number of nitrogens with zero attached hydrogens (tertiary/aromatic N) is 2. The van der Waals surface area contributed by atoms with E-state index in [1.807, 2.05) is 0 Å². The maximum Gasteiger partial charge on any atom is 0.341 e. The van der Waals surface area contributed by atoms with Crippen LogP contribution in [0.1, 0.15) is 0 Å². The molecule has 0 aliphatic rings. The van der Waals surface area contributed by atoms with Gasteiger partial charge in [0, 0.05) is 0 Å². The van der Waals surface area contributed by atoms with E-state index in [1.165, 1.54) is 6.07 Å². The van der Waals surface area contributed by atoms with E-state index in [2.05, 4.69) is 14.7 Å². The van der Waals surface area contributed by atoms with Gasteiger partial charge in [-0.15, -0.1) is 0 Å². The first kappa shape index (κ1) is 25.1. The molecule has 0 aromatic carbocycles. The molecule has 15 heteroatoms. The van der Waals surface area contributed by atoms with Crippen LogP contribution in [0.25, 0.3) is 0 Å². The van der Waals surface area contributed by atoms with E-state index in [1.54, 1.807) is 0 Å². The number of carbonyl (C=O) groups is 2. The summed E-state index contributed by atoms with van der Waals surface area (Å²) in [7, 11) is 0. The third-order valence-corrected chi connectivity index (χ3v) is 4.23. The van der Waals surface area contributed by atoms with Gasteiger partial charge >= 0.3 is 11.9 Å². The van der Waals surface area contributed by atoms with E-state index in [9.17, 15) is 14.0 Å². The summed E-state index contributed by atoms with van der Waals surface area (Å²) in [5, 5.41) is 16.3. The Hall–Kier alpha value is -1.98. The highest BCUT2D eigenvalue weighted by Gasteiger charge is 2.17. The van der Waals surface area contributed by atoms with E-state index < -0.39 is 42.0 Å².